The molecule has 156 valence electrons. The Bertz CT molecular complexity index is 972. The van der Waals surface area contributed by atoms with Crippen molar-refractivity contribution >= 4 is 44.8 Å². The molecule has 0 atom stereocenters. The van der Waals surface area contributed by atoms with Crippen LogP contribution in [0, 0.1) is 5.92 Å². The number of ether oxygens (including phenoxy) is 1. The van der Waals surface area contributed by atoms with Gasteiger partial charge in [0.2, 0.25) is 0 Å². The second-order valence-electron chi connectivity index (χ2n) is 7.06. The molecule has 3 rings (SSSR count). The van der Waals surface area contributed by atoms with Gasteiger partial charge in [0.1, 0.15) is 5.75 Å². The van der Waals surface area contributed by atoms with E-state index < -0.39 is 10.0 Å². The Morgan fingerprint density at radius 3 is 2.41 bits per heavy atom. The van der Waals surface area contributed by atoms with Crippen LogP contribution >= 0.6 is 23.2 Å². The first-order valence-corrected chi connectivity index (χ1v) is 11.5. The van der Waals surface area contributed by atoms with Crippen LogP contribution in [0.2, 0.25) is 10.0 Å². The Kier molecular flexibility index (Phi) is 6.93. The highest BCUT2D eigenvalue weighted by molar-refractivity contribution is 7.92. The topological polar surface area (TPSA) is 75.7 Å². The predicted molar refractivity (Wildman–Crippen MR) is 114 cm³/mol. The zero-order valence-corrected chi connectivity index (χ0v) is 18.2. The number of anilines is 1. The van der Waals surface area contributed by atoms with Crippen LogP contribution in [0.4, 0.5) is 5.69 Å². The normalized spacial score (nSPS) is 15.2. The summed E-state index contributed by atoms with van der Waals surface area (Å²) in [5.74, 6) is 0.787. The number of hydrogen-bond donors (Lipinski definition) is 1. The number of sulfonamides is 1. The van der Waals surface area contributed by atoms with Gasteiger partial charge >= 0.3 is 0 Å². The molecular formula is C20H22Cl2N2O4S. The largest absolute Gasteiger partial charge is 0.482 e. The van der Waals surface area contributed by atoms with Gasteiger partial charge in [-0.25, -0.2) is 8.42 Å². The summed E-state index contributed by atoms with van der Waals surface area (Å²) in [5.41, 5.74) is 0.382. The predicted octanol–water partition coefficient (Wildman–Crippen LogP) is 4.43. The summed E-state index contributed by atoms with van der Waals surface area (Å²) in [5, 5.41) is 0.621. The van der Waals surface area contributed by atoms with Gasteiger partial charge in [-0.05, 0) is 61.2 Å². The number of halogens is 2. The van der Waals surface area contributed by atoms with E-state index in [2.05, 4.69) is 11.6 Å². The Labute approximate surface area is 180 Å². The average Bonchev–Trinajstić information content (AvgIpc) is 2.69. The molecule has 0 unspecified atom stereocenters. The molecule has 0 spiro atoms. The van der Waals surface area contributed by atoms with Gasteiger partial charge < -0.3 is 9.64 Å². The van der Waals surface area contributed by atoms with E-state index in [0.717, 1.165) is 25.9 Å². The lowest BCUT2D eigenvalue weighted by Crippen LogP contribution is -2.40. The van der Waals surface area contributed by atoms with Gasteiger partial charge in [0, 0.05) is 23.8 Å². The van der Waals surface area contributed by atoms with E-state index in [-0.39, 0.29) is 28.2 Å². The number of nitrogens with one attached hydrogen (secondary N) is 1. The fourth-order valence-electron chi connectivity index (χ4n) is 2.99. The molecule has 0 aliphatic carbocycles. The fraction of sp³-hybridized carbons (Fsp3) is 0.350. The van der Waals surface area contributed by atoms with E-state index in [1.165, 1.54) is 18.2 Å². The minimum Gasteiger partial charge on any atom is -0.482 e. The van der Waals surface area contributed by atoms with Crippen molar-refractivity contribution in [1.29, 1.82) is 0 Å². The lowest BCUT2D eigenvalue weighted by Gasteiger charge is -2.30. The van der Waals surface area contributed by atoms with Crippen molar-refractivity contribution in [2.24, 2.45) is 5.92 Å². The maximum Gasteiger partial charge on any atom is 0.261 e. The van der Waals surface area contributed by atoms with Gasteiger partial charge in [0.05, 0.1) is 9.92 Å². The number of rotatable bonds is 6. The van der Waals surface area contributed by atoms with Crippen LogP contribution in [0.1, 0.15) is 19.8 Å². The van der Waals surface area contributed by atoms with Crippen molar-refractivity contribution in [2.75, 3.05) is 24.4 Å². The third-order valence-electron chi connectivity index (χ3n) is 4.80. The first kappa shape index (κ1) is 21.7. The van der Waals surface area contributed by atoms with Crippen molar-refractivity contribution in [2.45, 2.75) is 24.7 Å². The monoisotopic (exact) mass is 456 g/mol. The average molecular weight is 457 g/mol. The number of benzene rings is 2. The van der Waals surface area contributed by atoms with Gasteiger partial charge in [-0.3, -0.25) is 9.52 Å². The molecule has 29 heavy (non-hydrogen) atoms. The summed E-state index contributed by atoms with van der Waals surface area (Å²) in [4.78, 5) is 14.1. The Morgan fingerprint density at radius 2 is 1.79 bits per heavy atom. The number of hydrogen-bond acceptors (Lipinski definition) is 4. The molecule has 1 fully saturated rings. The molecule has 1 N–H and O–H groups in total. The summed E-state index contributed by atoms with van der Waals surface area (Å²) >= 11 is 12.0. The third kappa shape index (κ3) is 5.78. The Hall–Kier alpha value is -1.96. The van der Waals surface area contributed by atoms with E-state index in [0.29, 0.717) is 16.6 Å². The minimum absolute atomic E-state index is 0.0128. The molecular weight excluding hydrogens is 435 g/mol. The number of amides is 1. The highest BCUT2D eigenvalue weighted by Gasteiger charge is 2.21. The maximum atomic E-state index is 12.5. The van der Waals surface area contributed by atoms with Crippen LogP contribution in [0.3, 0.4) is 0 Å². The summed E-state index contributed by atoms with van der Waals surface area (Å²) in [6.07, 6.45) is 1.97. The Balaban J connectivity index is 1.63. The minimum atomic E-state index is -3.83. The summed E-state index contributed by atoms with van der Waals surface area (Å²) < 4.78 is 33.1. The molecule has 1 aliphatic heterocycles. The first-order chi connectivity index (χ1) is 13.7. The fourth-order valence-corrected chi connectivity index (χ4v) is 4.50. The van der Waals surface area contributed by atoms with E-state index in [4.69, 9.17) is 27.9 Å². The number of likely N-dealkylation sites (tertiary alicyclic amines) is 1. The molecule has 2 aromatic carbocycles. The molecule has 2 aromatic rings. The van der Waals surface area contributed by atoms with Gasteiger partial charge in [-0.1, -0.05) is 30.1 Å². The lowest BCUT2D eigenvalue weighted by atomic mass is 9.99. The van der Waals surface area contributed by atoms with E-state index in [9.17, 15) is 13.2 Å². The number of piperidine rings is 1. The van der Waals surface area contributed by atoms with Crippen LogP contribution < -0.4 is 9.46 Å². The molecule has 1 aliphatic rings. The zero-order chi connectivity index (χ0) is 21.0. The summed E-state index contributed by atoms with van der Waals surface area (Å²) in [7, 11) is -3.83. The summed E-state index contributed by atoms with van der Waals surface area (Å²) in [6, 6.07) is 10.4. The van der Waals surface area contributed by atoms with E-state index in [1.807, 2.05) is 0 Å². The molecule has 6 nitrogen and oxygen atoms in total. The van der Waals surface area contributed by atoms with Crippen molar-refractivity contribution in [3.8, 4) is 5.75 Å². The van der Waals surface area contributed by atoms with Gasteiger partial charge in [-0.2, -0.15) is 0 Å². The number of nitrogens with zero attached hydrogens (tertiary/aromatic N) is 1. The SMILES string of the molecule is CC1CCN(C(=O)COc2ccc(S(=O)(=O)Nc3ccc(Cl)cc3)cc2Cl)CC1. The zero-order valence-electron chi connectivity index (χ0n) is 15.9. The van der Waals surface area contributed by atoms with Crippen molar-refractivity contribution in [1.82, 2.24) is 4.90 Å². The van der Waals surface area contributed by atoms with Gasteiger partial charge in [-0.15, -0.1) is 0 Å². The molecule has 0 aromatic heterocycles. The molecule has 1 heterocycles. The standard InChI is InChI=1S/C20H22Cl2N2O4S/c1-14-8-10-24(11-9-14)20(25)13-28-19-7-6-17(12-18(19)22)29(26,27)23-16-4-2-15(21)3-5-16/h2-7,12,14,23H,8-11,13H2,1H3. The van der Waals surface area contributed by atoms with Gasteiger partial charge in [0.15, 0.2) is 6.61 Å². The molecule has 1 amide bonds. The number of carbonyl (C=O) groups is 1. The van der Waals surface area contributed by atoms with Crippen LogP contribution in [0.15, 0.2) is 47.4 Å². The second-order valence-corrected chi connectivity index (χ2v) is 9.58. The second kappa shape index (κ2) is 9.24. The van der Waals surface area contributed by atoms with E-state index >= 15 is 0 Å². The quantitative estimate of drug-likeness (QED) is 0.697. The van der Waals surface area contributed by atoms with Crippen LogP contribution in [0.5, 0.6) is 5.75 Å². The summed E-state index contributed by atoms with van der Waals surface area (Å²) in [6.45, 7) is 3.49. The molecule has 0 bridgehead atoms. The smallest absolute Gasteiger partial charge is 0.261 e. The molecule has 9 heteroatoms. The van der Waals surface area contributed by atoms with Crippen molar-refractivity contribution in [3.63, 3.8) is 0 Å². The highest BCUT2D eigenvalue weighted by atomic mass is 35.5. The van der Waals surface area contributed by atoms with Crippen LogP contribution in [0.25, 0.3) is 0 Å². The molecule has 0 radical (unpaired) electrons. The maximum absolute atomic E-state index is 12.5. The lowest BCUT2D eigenvalue weighted by molar-refractivity contribution is -0.134. The molecule has 0 saturated carbocycles. The highest BCUT2D eigenvalue weighted by Crippen LogP contribution is 2.28. The van der Waals surface area contributed by atoms with E-state index in [1.54, 1.807) is 29.2 Å². The van der Waals surface area contributed by atoms with Crippen molar-refractivity contribution in [3.05, 3.63) is 52.5 Å². The Morgan fingerprint density at radius 1 is 1.14 bits per heavy atom. The third-order valence-corrected chi connectivity index (χ3v) is 6.72. The number of carbonyl (C=O) groups excluding carboxylic acids is 1. The van der Waals surface area contributed by atoms with Crippen LogP contribution in [-0.4, -0.2) is 38.9 Å². The van der Waals surface area contributed by atoms with Gasteiger partial charge in [0.25, 0.3) is 15.9 Å². The van der Waals surface area contributed by atoms with Crippen LogP contribution in [-0.2, 0) is 14.8 Å². The van der Waals surface area contributed by atoms with Crippen molar-refractivity contribution < 1.29 is 17.9 Å². The molecule has 1 saturated heterocycles. The first-order valence-electron chi connectivity index (χ1n) is 9.23.